The number of aromatic nitrogens is 3. The van der Waals surface area contributed by atoms with Crippen LogP contribution >= 0.6 is 23.4 Å². The van der Waals surface area contributed by atoms with Gasteiger partial charge in [0.2, 0.25) is 0 Å². The zero-order valence-electron chi connectivity index (χ0n) is 32.9. The lowest BCUT2D eigenvalue weighted by molar-refractivity contribution is -0.138. The SMILES string of the molecule is C=C(N)Sc1c(F)ccc(-c2c(C(F)(F)F)c3c4c(nc(OC)nc4c2F)N(Cc2cc(Cl)cnc2N)CCO3)c1C#N.CCN1CCOCC1.FC1CC2CCCN2C1. The van der Waals surface area contributed by atoms with Gasteiger partial charge < -0.3 is 30.6 Å². The number of anilines is 2. The lowest BCUT2D eigenvalue weighted by Crippen LogP contribution is -2.35. The standard InChI is InChI=1S/C27H19ClF5N7O2S.C7H12FN.C6H13NO/c1-11(35)43-23-15(8-34)14(3-4-16(23)29)17-19(27(31,32)33)22-18-21(20(17)30)38-26(41-2)39-25(18)40(5-6-42-22)10-12-7-13(28)9-37-24(12)36;8-6-4-7-2-1-3-9(7)5-6;1-2-7-3-5-8-6-4-7/h3-4,7,9H,1,5-6,10,35H2,2H3,(H2,36,37);6-7H,1-5H2;2-6H2,1H3. The molecule has 20 heteroatoms. The number of hydrogen-bond donors (Lipinski definition) is 2. The molecule has 60 heavy (non-hydrogen) atoms. The summed E-state index contributed by atoms with van der Waals surface area (Å²) in [6, 6.07) is 5.14. The van der Waals surface area contributed by atoms with Crippen LogP contribution in [0, 0.1) is 23.0 Å². The molecule has 6 heterocycles. The lowest BCUT2D eigenvalue weighted by Gasteiger charge is -2.24. The highest BCUT2D eigenvalue weighted by molar-refractivity contribution is 8.03. The van der Waals surface area contributed by atoms with Gasteiger partial charge in [-0.05, 0) is 50.6 Å². The number of likely N-dealkylation sites (N-methyl/N-ethyl adjacent to an activating group) is 1. The first-order valence-corrected chi connectivity index (χ1v) is 20.3. The number of thioether (sulfide) groups is 1. The first-order chi connectivity index (χ1) is 28.6. The van der Waals surface area contributed by atoms with E-state index < -0.39 is 67.8 Å². The Morgan fingerprint density at radius 1 is 1.15 bits per heavy atom. The minimum absolute atomic E-state index is 0.0243. The molecule has 0 amide bonds. The van der Waals surface area contributed by atoms with E-state index >= 15 is 4.39 Å². The topological polar surface area (TPSA) is 152 Å². The molecule has 322 valence electrons. The first-order valence-electron chi connectivity index (χ1n) is 19.1. The molecule has 3 fully saturated rings. The van der Waals surface area contributed by atoms with Crippen molar-refractivity contribution < 1.29 is 40.6 Å². The fraction of sp³-hybridized carbons (Fsp3) is 0.450. The van der Waals surface area contributed by atoms with E-state index in [4.69, 9.17) is 37.3 Å². The van der Waals surface area contributed by atoms with Crippen molar-refractivity contribution in [1.82, 2.24) is 24.8 Å². The number of nitrogens with two attached hydrogens (primary N) is 2. The average molecular weight is 880 g/mol. The Morgan fingerprint density at radius 2 is 1.90 bits per heavy atom. The molecule has 4 aromatic rings. The van der Waals surface area contributed by atoms with E-state index in [1.165, 1.54) is 43.7 Å². The molecule has 2 aromatic heterocycles. The number of methoxy groups -OCH3 is 1. The maximum Gasteiger partial charge on any atom is 0.420 e. The van der Waals surface area contributed by atoms with Crippen molar-refractivity contribution >= 4 is 45.9 Å². The number of benzene rings is 2. The second kappa shape index (κ2) is 19.3. The Hall–Kier alpha value is -4.74. The molecule has 4 N–H and O–H groups in total. The minimum Gasteiger partial charge on any atom is -0.490 e. The lowest BCUT2D eigenvalue weighted by atomic mass is 9.92. The number of ether oxygens (including phenoxy) is 3. The van der Waals surface area contributed by atoms with Gasteiger partial charge in [-0.2, -0.15) is 28.4 Å². The highest BCUT2D eigenvalue weighted by Crippen LogP contribution is 2.52. The van der Waals surface area contributed by atoms with Gasteiger partial charge in [0, 0.05) is 55.1 Å². The van der Waals surface area contributed by atoms with Gasteiger partial charge in [-0.25, -0.2) is 18.2 Å². The Kier molecular flexibility index (Phi) is 14.4. The monoisotopic (exact) mass is 879 g/mol. The number of rotatable bonds is 7. The molecule has 0 spiro atoms. The van der Waals surface area contributed by atoms with Gasteiger partial charge in [0.1, 0.15) is 53.1 Å². The molecule has 0 aliphatic carbocycles. The number of pyridine rings is 1. The predicted octanol–water partition coefficient (Wildman–Crippen LogP) is 7.56. The predicted molar refractivity (Wildman–Crippen MR) is 218 cm³/mol. The first kappa shape index (κ1) is 44.8. The number of nitriles is 1. The van der Waals surface area contributed by atoms with Crippen LogP contribution in [0.3, 0.4) is 0 Å². The van der Waals surface area contributed by atoms with E-state index in [1.54, 1.807) is 6.07 Å². The van der Waals surface area contributed by atoms with Crippen molar-refractivity contribution in [2.24, 2.45) is 5.73 Å². The molecule has 8 rings (SSSR count). The van der Waals surface area contributed by atoms with Crippen LogP contribution in [0.1, 0.15) is 42.9 Å². The summed E-state index contributed by atoms with van der Waals surface area (Å²) < 4.78 is 105. The van der Waals surface area contributed by atoms with Crippen molar-refractivity contribution in [2.45, 2.75) is 56.0 Å². The number of fused-ring (bicyclic) bond motifs is 1. The number of morpholine rings is 1. The fourth-order valence-corrected chi connectivity index (χ4v) is 8.51. The molecule has 3 saturated heterocycles. The van der Waals surface area contributed by atoms with Crippen LogP contribution < -0.4 is 25.8 Å². The largest absolute Gasteiger partial charge is 0.490 e. The van der Waals surface area contributed by atoms with Crippen LogP contribution in [-0.2, 0) is 17.5 Å². The van der Waals surface area contributed by atoms with Crippen LogP contribution in [0.25, 0.3) is 22.0 Å². The molecule has 4 aliphatic rings. The highest BCUT2D eigenvalue weighted by Gasteiger charge is 2.44. The van der Waals surface area contributed by atoms with Crippen LogP contribution in [-0.4, -0.2) is 103 Å². The van der Waals surface area contributed by atoms with Gasteiger partial charge in [0.05, 0.1) is 52.8 Å². The second-order valence-corrected chi connectivity index (χ2v) is 15.8. The van der Waals surface area contributed by atoms with Crippen molar-refractivity contribution in [3.8, 4) is 29.0 Å². The molecular formula is C40H44ClF6N9O3S. The summed E-state index contributed by atoms with van der Waals surface area (Å²) in [6.07, 6.45) is -1.08. The van der Waals surface area contributed by atoms with Crippen molar-refractivity contribution in [2.75, 3.05) is 76.8 Å². The maximum atomic E-state index is 16.6. The molecular weight excluding hydrogens is 836 g/mol. The zero-order valence-corrected chi connectivity index (χ0v) is 34.5. The Morgan fingerprint density at radius 3 is 2.53 bits per heavy atom. The van der Waals surface area contributed by atoms with Crippen LogP contribution in [0.5, 0.6) is 11.8 Å². The van der Waals surface area contributed by atoms with Crippen molar-refractivity contribution in [1.29, 1.82) is 5.26 Å². The van der Waals surface area contributed by atoms with Gasteiger partial charge in [0.15, 0.2) is 5.82 Å². The molecule has 2 atom stereocenters. The molecule has 0 bridgehead atoms. The van der Waals surface area contributed by atoms with Gasteiger partial charge in [-0.3, -0.25) is 9.80 Å². The summed E-state index contributed by atoms with van der Waals surface area (Å²) in [5.74, 6) is -3.23. The summed E-state index contributed by atoms with van der Waals surface area (Å²) >= 11 is 6.59. The molecule has 4 aliphatic heterocycles. The van der Waals surface area contributed by atoms with Crippen LogP contribution in [0.4, 0.5) is 38.0 Å². The normalized spacial score (nSPS) is 19.0. The summed E-state index contributed by atoms with van der Waals surface area (Å²) in [6.45, 7) is 12.4. The quantitative estimate of drug-likeness (QED) is 0.139. The van der Waals surface area contributed by atoms with Gasteiger partial charge in [-0.1, -0.05) is 36.9 Å². The number of alkyl halides is 4. The van der Waals surface area contributed by atoms with Gasteiger partial charge in [0.25, 0.3) is 0 Å². The summed E-state index contributed by atoms with van der Waals surface area (Å²) in [7, 11) is 1.20. The number of halogens is 7. The van der Waals surface area contributed by atoms with Gasteiger partial charge in [-0.15, -0.1) is 0 Å². The van der Waals surface area contributed by atoms with Crippen LogP contribution in [0.2, 0.25) is 5.02 Å². The Bertz CT molecular complexity index is 2250. The third-order valence-electron chi connectivity index (χ3n) is 10.4. The Balaban J connectivity index is 0.000000289. The third kappa shape index (κ3) is 9.89. The molecule has 12 nitrogen and oxygen atoms in total. The van der Waals surface area contributed by atoms with E-state index in [0.29, 0.717) is 29.9 Å². The van der Waals surface area contributed by atoms with E-state index in [0.717, 1.165) is 51.4 Å². The highest BCUT2D eigenvalue weighted by atomic mass is 35.5. The third-order valence-corrected chi connectivity index (χ3v) is 11.5. The minimum atomic E-state index is -5.22. The smallest absolute Gasteiger partial charge is 0.420 e. The Labute approximate surface area is 352 Å². The molecule has 0 saturated carbocycles. The zero-order chi connectivity index (χ0) is 43.3. The van der Waals surface area contributed by atoms with E-state index in [2.05, 4.69) is 38.3 Å². The second-order valence-electron chi connectivity index (χ2n) is 14.3. The van der Waals surface area contributed by atoms with E-state index in [9.17, 15) is 27.2 Å². The maximum absolute atomic E-state index is 16.6. The molecule has 2 unspecified atom stereocenters. The summed E-state index contributed by atoms with van der Waals surface area (Å²) in [4.78, 5) is 18.0. The number of hydrogen-bond acceptors (Lipinski definition) is 13. The molecule has 2 aromatic carbocycles. The van der Waals surface area contributed by atoms with Gasteiger partial charge >= 0.3 is 12.2 Å². The van der Waals surface area contributed by atoms with Crippen molar-refractivity contribution in [3.05, 3.63) is 69.4 Å². The summed E-state index contributed by atoms with van der Waals surface area (Å²) in [5.41, 5.74) is 7.66. The average Bonchev–Trinajstić information content (AvgIpc) is 3.75. The number of nitrogen functional groups attached to an aromatic ring is 1. The fourth-order valence-electron chi connectivity index (χ4n) is 7.64. The number of nitrogens with zero attached hydrogens (tertiary/aromatic N) is 7. The van der Waals surface area contributed by atoms with E-state index in [-0.39, 0.29) is 47.4 Å². The summed E-state index contributed by atoms with van der Waals surface area (Å²) in [5, 5.41) is 9.63. The molecule has 0 radical (unpaired) electrons. The van der Waals surface area contributed by atoms with E-state index in [1.807, 2.05) is 0 Å². The van der Waals surface area contributed by atoms with Crippen LogP contribution in [0.15, 0.2) is 40.9 Å². The van der Waals surface area contributed by atoms with Crippen molar-refractivity contribution in [3.63, 3.8) is 0 Å².